The molecule has 2 nitrogen and oxygen atoms in total. The van der Waals surface area contributed by atoms with Gasteiger partial charge in [-0.05, 0) is 43.3 Å². The molecule has 0 amide bonds. The normalized spacial score (nSPS) is 21.1. The Morgan fingerprint density at radius 3 is 2.30 bits per heavy atom. The third kappa shape index (κ3) is 3.62. The number of rotatable bonds is 5. The van der Waals surface area contributed by atoms with Gasteiger partial charge in [-0.3, -0.25) is 0 Å². The summed E-state index contributed by atoms with van der Waals surface area (Å²) in [6, 6.07) is 10.7. The van der Waals surface area contributed by atoms with Crippen LogP contribution in [0.5, 0.6) is 0 Å². The van der Waals surface area contributed by atoms with E-state index >= 15 is 0 Å². The van der Waals surface area contributed by atoms with E-state index in [4.69, 9.17) is 5.73 Å². The van der Waals surface area contributed by atoms with Crippen molar-refractivity contribution >= 4 is 0 Å². The molecule has 0 bridgehead atoms. The van der Waals surface area contributed by atoms with E-state index in [1.165, 1.54) is 31.5 Å². The van der Waals surface area contributed by atoms with Crippen LogP contribution in [0.3, 0.4) is 0 Å². The molecule has 1 saturated heterocycles. The Morgan fingerprint density at radius 1 is 1.20 bits per heavy atom. The van der Waals surface area contributed by atoms with Crippen LogP contribution in [-0.4, -0.2) is 31.1 Å². The zero-order chi connectivity index (χ0) is 14.6. The maximum atomic E-state index is 6.11. The lowest BCUT2D eigenvalue weighted by Crippen LogP contribution is -2.47. The fourth-order valence-electron chi connectivity index (χ4n) is 3.39. The maximum Gasteiger partial charge on any atom is 0.0174 e. The molecule has 1 aromatic carbocycles. The minimum Gasteiger partial charge on any atom is -0.330 e. The second-order valence-electron chi connectivity index (χ2n) is 6.99. The van der Waals surface area contributed by atoms with E-state index in [0.29, 0.717) is 6.54 Å². The van der Waals surface area contributed by atoms with Crippen molar-refractivity contribution < 1.29 is 0 Å². The molecule has 1 heterocycles. The Labute approximate surface area is 124 Å². The van der Waals surface area contributed by atoms with Crippen molar-refractivity contribution in [1.29, 1.82) is 0 Å². The minimum atomic E-state index is 0.0753. The summed E-state index contributed by atoms with van der Waals surface area (Å²) in [5.74, 6) is 1.74. The molecular formula is C18H30N2. The lowest BCUT2D eigenvalue weighted by atomic mass is 9.80. The third-order valence-electron chi connectivity index (χ3n) is 5.07. The van der Waals surface area contributed by atoms with E-state index in [0.717, 1.165) is 18.4 Å². The van der Waals surface area contributed by atoms with E-state index in [1.807, 2.05) is 0 Å². The Kier molecular flexibility index (Phi) is 5.22. The van der Waals surface area contributed by atoms with Crippen LogP contribution >= 0.6 is 0 Å². The van der Waals surface area contributed by atoms with Crippen molar-refractivity contribution in [2.75, 3.05) is 26.2 Å². The number of likely N-dealkylation sites (tertiary alicyclic amines) is 1. The molecule has 112 valence electrons. The summed E-state index contributed by atoms with van der Waals surface area (Å²) in [5, 5.41) is 0. The molecular weight excluding hydrogens is 244 g/mol. The first-order chi connectivity index (χ1) is 9.55. The van der Waals surface area contributed by atoms with Gasteiger partial charge in [-0.15, -0.1) is 0 Å². The summed E-state index contributed by atoms with van der Waals surface area (Å²) in [6.07, 6.45) is 2.68. The van der Waals surface area contributed by atoms with Crippen LogP contribution < -0.4 is 5.73 Å². The molecule has 1 atom stereocenters. The lowest BCUT2D eigenvalue weighted by molar-refractivity contribution is 0.133. The van der Waals surface area contributed by atoms with Crippen molar-refractivity contribution in [3.05, 3.63) is 35.9 Å². The van der Waals surface area contributed by atoms with Crippen molar-refractivity contribution in [3.63, 3.8) is 0 Å². The predicted molar refractivity (Wildman–Crippen MR) is 86.9 cm³/mol. The van der Waals surface area contributed by atoms with Crippen LogP contribution in [0.15, 0.2) is 30.3 Å². The fourth-order valence-corrected chi connectivity index (χ4v) is 3.39. The minimum absolute atomic E-state index is 0.0753. The van der Waals surface area contributed by atoms with Crippen molar-refractivity contribution in [1.82, 2.24) is 4.90 Å². The van der Waals surface area contributed by atoms with Gasteiger partial charge in [0.15, 0.2) is 0 Å². The Hall–Kier alpha value is -0.860. The van der Waals surface area contributed by atoms with E-state index in [9.17, 15) is 0 Å². The molecule has 1 aliphatic heterocycles. The van der Waals surface area contributed by atoms with Gasteiger partial charge < -0.3 is 10.6 Å². The van der Waals surface area contributed by atoms with E-state index in [1.54, 1.807) is 0 Å². The Balaban J connectivity index is 1.98. The van der Waals surface area contributed by atoms with Gasteiger partial charge in [-0.25, -0.2) is 0 Å². The van der Waals surface area contributed by atoms with Crippen LogP contribution in [0, 0.1) is 11.8 Å². The summed E-state index contributed by atoms with van der Waals surface area (Å²) >= 11 is 0. The topological polar surface area (TPSA) is 29.3 Å². The average Bonchev–Trinajstić information content (AvgIpc) is 2.48. The van der Waals surface area contributed by atoms with Gasteiger partial charge in [-0.1, -0.05) is 51.1 Å². The van der Waals surface area contributed by atoms with E-state index < -0.39 is 0 Å². The number of piperidine rings is 1. The number of hydrogen-bond donors (Lipinski definition) is 1. The highest BCUT2D eigenvalue weighted by Gasteiger charge is 2.30. The first-order valence-electron chi connectivity index (χ1n) is 8.03. The van der Waals surface area contributed by atoms with Gasteiger partial charge in [0.1, 0.15) is 0 Å². The summed E-state index contributed by atoms with van der Waals surface area (Å²) in [6.45, 7) is 11.3. The van der Waals surface area contributed by atoms with Crippen LogP contribution in [-0.2, 0) is 5.41 Å². The van der Waals surface area contributed by atoms with E-state index in [-0.39, 0.29) is 5.41 Å². The maximum absolute atomic E-state index is 6.11. The molecule has 0 aromatic heterocycles. The first kappa shape index (κ1) is 15.5. The molecule has 1 aliphatic rings. The highest BCUT2D eigenvalue weighted by Crippen LogP contribution is 2.28. The fraction of sp³-hybridized carbons (Fsp3) is 0.667. The molecule has 2 rings (SSSR count). The molecule has 0 spiro atoms. The summed E-state index contributed by atoms with van der Waals surface area (Å²) in [5.41, 5.74) is 7.55. The standard InChI is InChI=1S/C18H30N2/c1-15(2)16-9-11-20(12-10-16)14-18(3,13-19)17-7-5-4-6-8-17/h4-8,15-16H,9-14,19H2,1-3H3. The number of nitrogens with zero attached hydrogens (tertiary/aromatic N) is 1. The van der Waals surface area contributed by atoms with Crippen LogP contribution in [0.25, 0.3) is 0 Å². The monoisotopic (exact) mass is 274 g/mol. The predicted octanol–water partition coefficient (Wildman–Crippen LogP) is 3.27. The van der Waals surface area contributed by atoms with E-state index in [2.05, 4.69) is 56.0 Å². The molecule has 1 aromatic rings. The molecule has 20 heavy (non-hydrogen) atoms. The lowest BCUT2D eigenvalue weighted by Gasteiger charge is -2.39. The zero-order valence-electron chi connectivity index (χ0n) is 13.3. The smallest absolute Gasteiger partial charge is 0.0174 e. The van der Waals surface area contributed by atoms with Crippen molar-refractivity contribution in [2.45, 2.75) is 39.0 Å². The van der Waals surface area contributed by atoms with Crippen molar-refractivity contribution in [3.8, 4) is 0 Å². The van der Waals surface area contributed by atoms with Gasteiger partial charge in [-0.2, -0.15) is 0 Å². The SMILES string of the molecule is CC(C)C1CCN(CC(C)(CN)c2ccccc2)CC1. The van der Waals surface area contributed by atoms with Crippen LogP contribution in [0.1, 0.15) is 39.2 Å². The highest BCUT2D eigenvalue weighted by atomic mass is 15.1. The summed E-state index contributed by atoms with van der Waals surface area (Å²) < 4.78 is 0. The molecule has 1 fully saturated rings. The molecule has 2 N–H and O–H groups in total. The third-order valence-corrected chi connectivity index (χ3v) is 5.07. The van der Waals surface area contributed by atoms with Gasteiger partial charge in [0, 0.05) is 18.5 Å². The number of benzene rings is 1. The second kappa shape index (κ2) is 6.73. The molecule has 1 unspecified atom stereocenters. The second-order valence-corrected chi connectivity index (χ2v) is 6.99. The van der Waals surface area contributed by atoms with Gasteiger partial charge >= 0.3 is 0 Å². The van der Waals surface area contributed by atoms with Gasteiger partial charge in [0.05, 0.1) is 0 Å². The Morgan fingerprint density at radius 2 is 1.80 bits per heavy atom. The first-order valence-corrected chi connectivity index (χ1v) is 8.03. The average molecular weight is 274 g/mol. The quantitative estimate of drug-likeness (QED) is 0.893. The largest absolute Gasteiger partial charge is 0.330 e. The zero-order valence-corrected chi connectivity index (χ0v) is 13.3. The van der Waals surface area contributed by atoms with Crippen molar-refractivity contribution in [2.24, 2.45) is 17.6 Å². The van der Waals surface area contributed by atoms with Crippen LogP contribution in [0.2, 0.25) is 0 Å². The highest BCUT2D eigenvalue weighted by molar-refractivity contribution is 5.25. The molecule has 0 saturated carbocycles. The molecule has 2 heteroatoms. The number of nitrogens with two attached hydrogens (primary N) is 1. The van der Waals surface area contributed by atoms with Crippen LogP contribution in [0.4, 0.5) is 0 Å². The number of hydrogen-bond acceptors (Lipinski definition) is 2. The summed E-state index contributed by atoms with van der Waals surface area (Å²) in [7, 11) is 0. The van der Waals surface area contributed by atoms with Gasteiger partial charge in [0.2, 0.25) is 0 Å². The van der Waals surface area contributed by atoms with Gasteiger partial charge in [0.25, 0.3) is 0 Å². The Bertz CT molecular complexity index is 393. The molecule has 0 radical (unpaired) electrons. The molecule has 0 aliphatic carbocycles. The summed E-state index contributed by atoms with van der Waals surface area (Å²) in [4.78, 5) is 2.61.